The first-order valence-corrected chi connectivity index (χ1v) is 19.3. The molecular weight excluding hydrogens is 538 g/mol. The van der Waals surface area contributed by atoms with Crippen LogP contribution in [0.15, 0.2) is 0 Å². The van der Waals surface area contributed by atoms with E-state index in [4.69, 9.17) is 0 Å². The van der Waals surface area contributed by atoms with Gasteiger partial charge in [0.2, 0.25) is 0 Å². The lowest BCUT2D eigenvalue weighted by Gasteiger charge is -2.23. The average molecular weight is 619 g/mol. The highest BCUT2D eigenvalue weighted by molar-refractivity contribution is 5.85. The molecule has 0 fully saturated rings. The largest absolute Gasteiger partial charge is 0.367 e. The number of hydrogen-bond acceptors (Lipinski definition) is 3. The van der Waals surface area contributed by atoms with Crippen LogP contribution in [0.5, 0.6) is 0 Å². The Kier molecular flexibility index (Phi) is 41.3. The van der Waals surface area contributed by atoms with Gasteiger partial charge in [-0.25, -0.2) is 0 Å². The van der Waals surface area contributed by atoms with E-state index in [0.29, 0.717) is 6.54 Å². The van der Waals surface area contributed by atoms with E-state index in [-0.39, 0.29) is 12.4 Å². The zero-order valence-corrected chi connectivity index (χ0v) is 29.9. The summed E-state index contributed by atoms with van der Waals surface area (Å²) in [5.41, 5.74) is 0. The van der Waals surface area contributed by atoms with E-state index in [1.54, 1.807) is 0 Å². The van der Waals surface area contributed by atoms with Gasteiger partial charge in [0.25, 0.3) is 0 Å². The minimum atomic E-state index is -1.20. The first-order valence-electron chi connectivity index (χ1n) is 19.3. The number of unbranched alkanes of at least 4 members (excludes halogenated alkanes) is 30. The Bertz CT molecular complexity index is 426. The molecule has 0 rings (SSSR count). The lowest BCUT2D eigenvalue weighted by atomic mass is 10.0. The van der Waals surface area contributed by atoms with Crippen molar-refractivity contribution in [3.8, 4) is 0 Å². The number of hydrogen-bond donors (Lipinski definition) is 2. The first-order chi connectivity index (χ1) is 20.2. The maximum atomic E-state index is 9.51. The molecule has 3 nitrogen and oxygen atoms in total. The van der Waals surface area contributed by atoms with Gasteiger partial charge in [-0.05, 0) is 25.9 Å². The van der Waals surface area contributed by atoms with Crippen LogP contribution in [0.4, 0.5) is 0 Å². The molecule has 0 bridgehead atoms. The molecular formula is C38H80ClNO2. The molecule has 0 saturated heterocycles. The summed E-state index contributed by atoms with van der Waals surface area (Å²) in [6, 6.07) is 0. The fraction of sp³-hybridized carbons (Fsp3) is 1.00. The van der Waals surface area contributed by atoms with Crippen LogP contribution in [0.3, 0.4) is 0 Å². The van der Waals surface area contributed by atoms with Crippen molar-refractivity contribution in [1.29, 1.82) is 0 Å². The second kappa shape index (κ2) is 39.2. The molecule has 0 saturated carbocycles. The molecule has 0 atom stereocenters. The van der Waals surface area contributed by atoms with E-state index in [9.17, 15) is 10.2 Å². The van der Waals surface area contributed by atoms with Crippen molar-refractivity contribution in [3.63, 3.8) is 0 Å². The van der Waals surface area contributed by atoms with Crippen LogP contribution in [-0.4, -0.2) is 41.0 Å². The normalized spacial score (nSPS) is 11.6. The van der Waals surface area contributed by atoms with Crippen LogP contribution < -0.4 is 0 Å². The summed E-state index contributed by atoms with van der Waals surface area (Å²) in [5, 5.41) is 19.0. The van der Waals surface area contributed by atoms with E-state index in [2.05, 4.69) is 18.7 Å². The number of nitrogens with zero attached hydrogens (tertiary/aromatic N) is 1. The molecule has 0 aliphatic rings. The van der Waals surface area contributed by atoms with Gasteiger partial charge in [-0.3, -0.25) is 4.90 Å². The minimum Gasteiger partial charge on any atom is -0.367 e. The van der Waals surface area contributed by atoms with E-state index >= 15 is 0 Å². The van der Waals surface area contributed by atoms with Crippen LogP contribution in [0.1, 0.15) is 219 Å². The fourth-order valence-electron chi connectivity index (χ4n) is 6.29. The molecule has 0 aliphatic heterocycles. The first kappa shape index (κ1) is 44.3. The molecule has 0 aromatic carbocycles. The van der Waals surface area contributed by atoms with Crippen molar-refractivity contribution in [2.45, 2.75) is 226 Å². The zero-order valence-electron chi connectivity index (χ0n) is 29.1. The quantitative estimate of drug-likeness (QED) is 0.0542. The second-order valence-electron chi connectivity index (χ2n) is 13.4. The zero-order chi connectivity index (χ0) is 29.9. The molecule has 0 aromatic rings. The van der Waals surface area contributed by atoms with Gasteiger partial charge in [-0.1, -0.05) is 206 Å². The van der Waals surface area contributed by atoms with E-state index in [1.807, 2.05) is 0 Å². The van der Waals surface area contributed by atoms with Gasteiger partial charge < -0.3 is 10.2 Å². The molecule has 4 heteroatoms. The third-order valence-corrected chi connectivity index (χ3v) is 9.08. The van der Waals surface area contributed by atoms with Gasteiger partial charge in [0.05, 0.1) is 0 Å². The van der Waals surface area contributed by atoms with Crippen LogP contribution in [0.2, 0.25) is 0 Å². The molecule has 0 unspecified atom stereocenters. The number of aliphatic hydroxyl groups excluding tert-OH is 1. The summed E-state index contributed by atoms with van der Waals surface area (Å²) in [6.45, 7) is 7.05. The fourth-order valence-corrected chi connectivity index (χ4v) is 6.29. The molecule has 0 aromatic heterocycles. The van der Waals surface area contributed by atoms with Crippen molar-refractivity contribution in [2.75, 3.05) is 19.6 Å². The maximum Gasteiger partial charge on any atom is 0.164 e. The maximum absolute atomic E-state index is 9.51. The van der Waals surface area contributed by atoms with Gasteiger partial charge in [-0.2, -0.15) is 0 Å². The van der Waals surface area contributed by atoms with Crippen molar-refractivity contribution in [1.82, 2.24) is 4.90 Å². The molecule has 0 aliphatic carbocycles. The average Bonchev–Trinajstić information content (AvgIpc) is 2.96. The van der Waals surface area contributed by atoms with E-state index in [1.165, 1.54) is 205 Å². The summed E-state index contributed by atoms with van der Waals surface area (Å²) in [6.07, 6.45) is 43.5. The standard InChI is InChI=1S/C38H79NO2.ClH/c1-3-5-7-9-11-13-15-17-19-21-23-25-27-29-31-33-35-39(37-38(40)41)36-34-32-30-28-26-24-22-20-18-16-14-12-10-8-6-4-2;/h38,40-41H,3-37H2,1-2H3;1H. The van der Waals surface area contributed by atoms with Crippen molar-refractivity contribution in [3.05, 3.63) is 0 Å². The smallest absolute Gasteiger partial charge is 0.164 e. The molecule has 2 N–H and O–H groups in total. The van der Waals surface area contributed by atoms with Crippen LogP contribution in [0, 0.1) is 0 Å². The summed E-state index contributed by atoms with van der Waals surface area (Å²) in [5.74, 6) is 0. The van der Waals surface area contributed by atoms with Crippen LogP contribution in [-0.2, 0) is 0 Å². The summed E-state index contributed by atoms with van der Waals surface area (Å²) in [7, 11) is 0. The van der Waals surface area contributed by atoms with Crippen molar-refractivity contribution < 1.29 is 10.2 Å². The van der Waals surface area contributed by atoms with Gasteiger partial charge in [0.15, 0.2) is 6.29 Å². The summed E-state index contributed by atoms with van der Waals surface area (Å²) in [4.78, 5) is 2.29. The molecule has 0 radical (unpaired) electrons. The molecule has 42 heavy (non-hydrogen) atoms. The Balaban J connectivity index is 0. The predicted molar refractivity (Wildman–Crippen MR) is 191 cm³/mol. The SMILES string of the molecule is CCCCCCCCCCCCCCCCCCN(CCCCCCCCCCCCCCCCCC)CC(O)O.Cl. The Morgan fingerprint density at radius 2 is 0.524 bits per heavy atom. The molecule has 0 spiro atoms. The molecule has 256 valence electrons. The third kappa shape index (κ3) is 38.2. The van der Waals surface area contributed by atoms with Gasteiger partial charge in [-0.15, -0.1) is 12.4 Å². The molecule has 0 heterocycles. The Morgan fingerprint density at radius 1 is 0.333 bits per heavy atom. The number of halogens is 1. The van der Waals surface area contributed by atoms with Gasteiger partial charge in [0, 0.05) is 6.54 Å². The van der Waals surface area contributed by atoms with E-state index < -0.39 is 6.29 Å². The highest BCUT2D eigenvalue weighted by Gasteiger charge is 2.09. The van der Waals surface area contributed by atoms with Gasteiger partial charge >= 0.3 is 0 Å². The van der Waals surface area contributed by atoms with Crippen molar-refractivity contribution >= 4 is 12.4 Å². The minimum absolute atomic E-state index is 0. The van der Waals surface area contributed by atoms with Crippen LogP contribution in [0.25, 0.3) is 0 Å². The Hall–Kier alpha value is 0.170. The number of rotatable bonds is 36. The summed E-state index contributed by atoms with van der Waals surface area (Å²) >= 11 is 0. The highest BCUT2D eigenvalue weighted by atomic mass is 35.5. The predicted octanol–water partition coefficient (Wildman–Crippen LogP) is 12.5. The van der Waals surface area contributed by atoms with Gasteiger partial charge in [0.1, 0.15) is 0 Å². The highest BCUT2D eigenvalue weighted by Crippen LogP contribution is 2.16. The molecule has 0 amide bonds. The van der Waals surface area contributed by atoms with E-state index in [0.717, 1.165) is 13.1 Å². The lowest BCUT2D eigenvalue weighted by Crippen LogP contribution is -2.34. The third-order valence-electron chi connectivity index (χ3n) is 9.08. The Labute approximate surface area is 272 Å². The topological polar surface area (TPSA) is 43.7 Å². The second-order valence-corrected chi connectivity index (χ2v) is 13.4. The summed E-state index contributed by atoms with van der Waals surface area (Å²) < 4.78 is 0. The van der Waals surface area contributed by atoms with Crippen LogP contribution >= 0.6 is 12.4 Å². The number of aliphatic hydroxyl groups is 2. The Morgan fingerprint density at radius 3 is 0.714 bits per heavy atom. The monoisotopic (exact) mass is 618 g/mol. The lowest BCUT2D eigenvalue weighted by molar-refractivity contribution is -0.0616. The van der Waals surface area contributed by atoms with Crippen molar-refractivity contribution in [2.24, 2.45) is 0 Å².